The van der Waals surface area contributed by atoms with Gasteiger partial charge in [0.25, 0.3) is 0 Å². The van der Waals surface area contributed by atoms with Crippen LogP contribution in [-0.2, 0) is 0 Å². The molecule has 0 saturated heterocycles. The van der Waals surface area contributed by atoms with Gasteiger partial charge in [-0.25, -0.2) is 0 Å². The van der Waals surface area contributed by atoms with Crippen molar-refractivity contribution in [3.05, 3.63) is 18.6 Å². The van der Waals surface area contributed by atoms with Gasteiger partial charge in [0.05, 0.1) is 0 Å². The molecule has 0 aromatic carbocycles. The summed E-state index contributed by atoms with van der Waals surface area (Å²) in [5.41, 5.74) is 1.42. The molecule has 9 heavy (non-hydrogen) atoms. The summed E-state index contributed by atoms with van der Waals surface area (Å²) in [6, 6.07) is 0. The van der Waals surface area contributed by atoms with E-state index in [2.05, 4.69) is 26.8 Å². The molecule has 1 radical (unpaired) electrons. The third kappa shape index (κ3) is 5.61. The normalized spacial score (nSPS) is 12.1. The Bertz CT molecular complexity index is 80.0. The first-order valence-corrected chi connectivity index (χ1v) is 3.76. The zero-order valence-electron chi connectivity index (χ0n) is 6.61. The largest absolute Gasteiger partial charge is 0.0856 e. The van der Waals surface area contributed by atoms with Crippen molar-refractivity contribution in [2.75, 3.05) is 0 Å². The average molecular weight is 125 g/mol. The summed E-state index contributed by atoms with van der Waals surface area (Å²) in [6.45, 7) is 8.15. The van der Waals surface area contributed by atoms with Crippen molar-refractivity contribution in [3.63, 3.8) is 0 Å². The summed E-state index contributed by atoms with van der Waals surface area (Å²) >= 11 is 0. The van der Waals surface area contributed by atoms with E-state index in [9.17, 15) is 0 Å². The van der Waals surface area contributed by atoms with E-state index < -0.39 is 0 Å². The average Bonchev–Trinajstić information content (AvgIpc) is 1.89. The molecule has 0 N–H and O–H groups in total. The van der Waals surface area contributed by atoms with Gasteiger partial charge < -0.3 is 0 Å². The van der Waals surface area contributed by atoms with Crippen molar-refractivity contribution < 1.29 is 0 Å². The van der Waals surface area contributed by atoms with Gasteiger partial charge in [0.2, 0.25) is 0 Å². The van der Waals surface area contributed by atoms with Crippen molar-refractivity contribution in [3.8, 4) is 0 Å². The van der Waals surface area contributed by atoms with Crippen molar-refractivity contribution >= 4 is 0 Å². The van der Waals surface area contributed by atoms with Crippen LogP contribution in [0, 0.1) is 6.92 Å². The van der Waals surface area contributed by atoms with E-state index in [1.54, 1.807) is 0 Å². The van der Waals surface area contributed by atoms with E-state index >= 15 is 0 Å². The van der Waals surface area contributed by atoms with Gasteiger partial charge in [-0.15, -0.1) is 0 Å². The van der Waals surface area contributed by atoms with E-state index in [1.807, 2.05) is 0 Å². The predicted molar refractivity (Wildman–Crippen MR) is 43.3 cm³/mol. The third-order valence-electron chi connectivity index (χ3n) is 1.44. The molecule has 0 nitrogen and oxygen atoms in total. The molecule has 0 unspecified atom stereocenters. The summed E-state index contributed by atoms with van der Waals surface area (Å²) in [4.78, 5) is 0. The molecule has 0 saturated carbocycles. The second kappa shape index (κ2) is 5.87. The molecular weight excluding hydrogens is 108 g/mol. The second-order valence-corrected chi connectivity index (χ2v) is 2.44. The highest BCUT2D eigenvalue weighted by molar-refractivity contribution is 4.98. The number of hydrogen-bond acceptors (Lipinski definition) is 0. The van der Waals surface area contributed by atoms with Crippen molar-refractivity contribution in [2.45, 2.75) is 39.5 Å². The Morgan fingerprint density at radius 1 is 1.56 bits per heavy atom. The van der Waals surface area contributed by atoms with E-state index in [1.165, 1.54) is 24.8 Å². The van der Waals surface area contributed by atoms with Crippen molar-refractivity contribution in [1.82, 2.24) is 0 Å². The molecule has 0 fully saturated rings. The third-order valence-corrected chi connectivity index (χ3v) is 1.44. The Morgan fingerprint density at radius 3 is 2.67 bits per heavy atom. The van der Waals surface area contributed by atoms with Crippen LogP contribution < -0.4 is 0 Å². The molecule has 0 aliphatic rings. The van der Waals surface area contributed by atoms with Gasteiger partial charge in [0.15, 0.2) is 0 Å². The molecule has 0 amide bonds. The summed E-state index contributed by atoms with van der Waals surface area (Å²) in [7, 11) is 0. The maximum Gasteiger partial charge on any atom is -0.0323 e. The lowest BCUT2D eigenvalue weighted by molar-refractivity contribution is 0.809. The number of allylic oxidation sites excluding steroid dienone is 2. The molecule has 0 heterocycles. The second-order valence-electron chi connectivity index (χ2n) is 2.44. The fraction of sp³-hybridized carbons (Fsp3) is 0.667. The van der Waals surface area contributed by atoms with Crippen LogP contribution in [0.2, 0.25) is 0 Å². The minimum Gasteiger partial charge on any atom is -0.0856 e. The highest BCUT2D eigenvalue weighted by Crippen LogP contribution is 2.02. The molecule has 0 bridgehead atoms. The Balaban J connectivity index is 3.21. The monoisotopic (exact) mass is 125 g/mol. The molecule has 0 aromatic heterocycles. The first-order valence-electron chi connectivity index (χ1n) is 3.76. The topological polar surface area (TPSA) is 0 Å². The van der Waals surface area contributed by atoms with Gasteiger partial charge in [-0.05, 0) is 26.7 Å². The Labute approximate surface area is 59.0 Å². The number of rotatable bonds is 4. The minimum absolute atomic E-state index is 0.962. The lowest BCUT2D eigenvalue weighted by Crippen LogP contribution is -1.72. The van der Waals surface area contributed by atoms with Gasteiger partial charge in [0.1, 0.15) is 0 Å². The number of hydrogen-bond donors (Lipinski definition) is 0. The SMILES string of the molecule is [CH2]C/C(C)=C/CCCC. The van der Waals surface area contributed by atoms with Crippen LogP contribution in [0.15, 0.2) is 11.6 Å². The van der Waals surface area contributed by atoms with E-state index in [4.69, 9.17) is 0 Å². The smallest absolute Gasteiger partial charge is 0.0323 e. The van der Waals surface area contributed by atoms with Crippen LogP contribution >= 0.6 is 0 Å². The van der Waals surface area contributed by atoms with Crippen LogP contribution in [0.4, 0.5) is 0 Å². The molecule has 0 heteroatoms. The molecular formula is C9H17. The number of unbranched alkanes of at least 4 members (excludes halogenated alkanes) is 2. The summed E-state index contributed by atoms with van der Waals surface area (Å²) in [5.74, 6) is 0. The molecule has 53 valence electrons. The van der Waals surface area contributed by atoms with Gasteiger partial charge >= 0.3 is 0 Å². The lowest BCUT2D eigenvalue weighted by atomic mass is 10.1. The van der Waals surface area contributed by atoms with Crippen LogP contribution in [-0.4, -0.2) is 0 Å². The highest BCUT2D eigenvalue weighted by atomic mass is 13.9. The maximum absolute atomic E-state index is 3.80. The van der Waals surface area contributed by atoms with Gasteiger partial charge in [-0.2, -0.15) is 0 Å². The van der Waals surface area contributed by atoms with Crippen LogP contribution in [0.1, 0.15) is 39.5 Å². The van der Waals surface area contributed by atoms with E-state index in [0.29, 0.717) is 0 Å². The molecule has 0 spiro atoms. The first kappa shape index (κ1) is 8.74. The molecule has 0 aromatic rings. The lowest BCUT2D eigenvalue weighted by Gasteiger charge is -1.93. The zero-order valence-corrected chi connectivity index (χ0v) is 6.61. The zero-order chi connectivity index (χ0) is 7.11. The van der Waals surface area contributed by atoms with Gasteiger partial charge in [-0.1, -0.05) is 31.4 Å². The van der Waals surface area contributed by atoms with E-state index in [-0.39, 0.29) is 0 Å². The summed E-state index contributed by atoms with van der Waals surface area (Å²) in [6.07, 6.45) is 7.09. The van der Waals surface area contributed by atoms with Crippen LogP contribution in [0.25, 0.3) is 0 Å². The van der Waals surface area contributed by atoms with Crippen LogP contribution in [0.5, 0.6) is 0 Å². The maximum atomic E-state index is 3.80. The molecule has 0 rings (SSSR count). The Morgan fingerprint density at radius 2 is 2.22 bits per heavy atom. The summed E-state index contributed by atoms with van der Waals surface area (Å²) in [5, 5.41) is 0. The first-order chi connectivity index (χ1) is 4.31. The molecule has 0 aliphatic carbocycles. The minimum atomic E-state index is 0.962. The molecule has 0 aliphatic heterocycles. The summed E-state index contributed by atoms with van der Waals surface area (Å²) < 4.78 is 0. The highest BCUT2D eigenvalue weighted by Gasteiger charge is 1.82. The van der Waals surface area contributed by atoms with E-state index in [0.717, 1.165) is 6.42 Å². The Kier molecular flexibility index (Phi) is 5.70. The standard InChI is InChI=1S/C9H17/c1-4-6-7-8-9(3)5-2/h8H,2,4-7H2,1,3H3/b9-8+. The van der Waals surface area contributed by atoms with Gasteiger partial charge in [0, 0.05) is 0 Å². The van der Waals surface area contributed by atoms with Crippen molar-refractivity contribution in [1.29, 1.82) is 0 Å². The van der Waals surface area contributed by atoms with Crippen LogP contribution in [0.3, 0.4) is 0 Å². The fourth-order valence-corrected chi connectivity index (χ4v) is 0.655. The Hall–Kier alpha value is -0.260. The fourth-order valence-electron chi connectivity index (χ4n) is 0.655. The molecule has 0 atom stereocenters. The predicted octanol–water partition coefficient (Wildman–Crippen LogP) is 3.35. The quantitative estimate of drug-likeness (QED) is 0.399. The van der Waals surface area contributed by atoms with Crippen molar-refractivity contribution in [2.24, 2.45) is 0 Å². The van der Waals surface area contributed by atoms with Gasteiger partial charge in [-0.3, -0.25) is 0 Å².